The zero-order valence-corrected chi connectivity index (χ0v) is 19.0. The molecule has 2 unspecified atom stereocenters. The Bertz CT molecular complexity index is 901. The third-order valence-electron chi connectivity index (χ3n) is 6.06. The Balaban J connectivity index is 1.98. The fourth-order valence-corrected chi connectivity index (χ4v) is 4.50. The molecule has 0 bridgehead atoms. The van der Waals surface area contributed by atoms with Crippen molar-refractivity contribution in [2.45, 2.75) is 71.2 Å². The van der Waals surface area contributed by atoms with Gasteiger partial charge in [-0.25, -0.2) is 4.79 Å². The van der Waals surface area contributed by atoms with Crippen LogP contribution in [0, 0.1) is 5.41 Å². The van der Waals surface area contributed by atoms with Crippen LogP contribution in [0.3, 0.4) is 0 Å². The van der Waals surface area contributed by atoms with E-state index < -0.39 is 35.2 Å². The number of nitrogens with zero attached hydrogens (tertiary/aromatic N) is 1. The van der Waals surface area contributed by atoms with Gasteiger partial charge in [0.1, 0.15) is 12.7 Å². The molecule has 32 heavy (non-hydrogen) atoms. The van der Waals surface area contributed by atoms with Crippen molar-refractivity contribution in [2.75, 3.05) is 6.61 Å². The average molecular weight is 446 g/mol. The first-order valence-corrected chi connectivity index (χ1v) is 10.9. The largest absolute Gasteiger partial charge is 0.458 e. The van der Waals surface area contributed by atoms with E-state index in [1.54, 1.807) is 29.3 Å². The van der Waals surface area contributed by atoms with Gasteiger partial charge in [-0.1, -0.05) is 58.2 Å². The minimum atomic E-state index is -1.15. The molecule has 1 spiro atoms. The van der Waals surface area contributed by atoms with Crippen LogP contribution in [-0.4, -0.2) is 53.7 Å². The van der Waals surface area contributed by atoms with Crippen LogP contribution in [0.5, 0.6) is 0 Å². The number of aldehydes is 1. The van der Waals surface area contributed by atoms with E-state index in [0.29, 0.717) is 12.7 Å². The number of benzene rings is 1. The van der Waals surface area contributed by atoms with Crippen molar-refractivity contribution < 1.29 is 28.7 Å². The molecule has 174 valence electrons. The van der Waals surface area contributed by atoms with Crippen LogP contribution < -0.4 is 10.7 Å². The molecule has 0 aliphatic carbocycles. The molecule has 9 heteroatoms. The lowest BCUT2D eigenvalue weighted by molar-refractivity contribution is -0.158. The van der Waals surface area contributed by atoms with Crippen molar-refractivity contribution in [3.8, 4) is 0 Å². The SMILES string of the molecule is CCCCCC1N(NC(=O)c2ccccc2C=O)[C@@]12NC(=O)OCC(C)(C)[C@@H]2OC(C)=O. The molecule has 3 rings (SSSR count). The quantitative estimate of drug-likeness (QED) is 0.274. The third kappa shape index (κ3) is 4.48. The molecule has 2 fully saturated rings. The monoisotopic (exact) mass is 445 g/mol. The molecule has 2 N–H and O–H groups in total. The zero-order chi connectivity index (χ0) is 23.5. The van der Waals surface area contributed by atoms with Crippen LogP contribution in [0.25, 0.3) is 0 Å². The number of hydrazine groups is 1. The topological polar surface area (TPSA) is 114 Å². The summed E-state index contributed by atoms with van der Waals surface area (Å²) in [6, 6.07) is 6.16. The first-order chi connectivity index (χ1) is 15.2. The Morgan fingerprint density at radius 1 is 1.31 bits per heavy atom. The fourth-order valence-electron chi connectivity index (χ4n) is 4.50. The van der Waals surface area contributed by atoms with E-state index in [0.717, 1.165) is 19.3 Å². The number of esters is 1. The molecular weight excluding hydrogens is 414 g/mol. The number of carbonyl (C=O) groups is 4. The summed E-state index contributed by atoms with van der Waals surface area (Å²) in [5, 5.41) is 4.49. The molecule has 4 atom stereocenters. The second-order valence-electron chi connectivity index (χ2n) is 9.03. The minimum Gasteiger partial charge on any atom is -0.458 e. The molecule has 2 aliphatic rings. The number of alkyl carbamates (subject to hydrolysis) is 1. The van der Waals surface area contributed by atoms with Crippen LogP contribution >= 0.6 is 0 Å². The second-order valence-corrected chi connectivity index (χ2v) is 9.03. The standard InChI is InChI=1S/C23H31N3O6/c1-5-6-7-12-18-23(20(32-15(2)28)22(3,4)14-31-21(30)24-23)26(18)25-19(29)17-11-9-8-10-16(17)13-27/h8-11,13,18,20H,5-7,12,14H2,1-4H3,(H,24,30)(H,25,29)/t18?,20-,23-,26?/m0/s1. The molecule has 2 saturated heterocycles. The molecule has 9 nitrogen and oxygen atoms in total. The number of ether oxygens (including phenoxy) is 2. The van der Waals surface area contributed by atoms with Gasteiger partial charge >= 0.3 is 12.1 Å². The number of rotatable bonds is 8. The van der Waals surface area contributed by atoms with E-state index in [1.807, 2.05) is 13.8 Å². The minimum absolute atomic E-state index is 0.0516. The van der Waals surface area contributed by atoms with Crippen molar-refractivity contribution in [1.82, 2.24) is 15.8 Å². The highest BCUT2D eigenvalue weighted by atomic mass is 16.6. The molecule has 2 amide bonds. The van der Waals surface area contributed by atoms with Gasteiger partial charge in [-0.05, 0) is 12.5 Å². The maximum atomic E-state index is 13.1. The summed E-state index contributed by atoms with van der Waals surface area (Å²) < 4.78 is 11.1. The van der Waals surface area contributed by atoms with Gasteiger partial charge in [0, 0.05) is 17.9 Å². The number of cyclic esters (lactones) is 1. The Morgan fingerprint density at radius 3 is 2.69 bits per heavy atom. The number of carbonyl (C=O) groups excluding carboxylic acids is 4. The van der Waals surface area contributed by atoms with Gasteiger partial charge in [-0.3, -0.25) is 25.1 Å². The Labute approximate surface area is 187 Å². The van der Waals surface area contributed by atoms with E-state index in [9.17, 15) is 19.2 Å². The third-order valence-corrected chi connectivity index (χ3v) is 6.06. The van der Waals surface area contributed by atoms with Crippen molar-refractivity contribution in [1.29, 1.82) is 0 Å². The van der Waals surface area contributed by atoms with Crippen molar-refractivity contribution in [2.24, 2.45) is 5.41 Å². The number of hydrogen-bond donors (Lipinski definition) is 2. The van der Waals surface area contributed by atoms with Crippen LogP contribution in [0.2, 0.25) is 0 Å². The van der Waals surface area contributed by atoms with Crippen molar-refractivity contribution in [3.63, 3.8) is 0 Å². The van der Waals surface area contributed by atoms with Crippen molar-refractivity contribution in [3.05, 3.63) is 35.4 Å². The highest BCUT2D eigenvalue weighted by Gasteiger charge is 2.74. The van der Waals surface area contributed by atoms with E-state index in [-0.39, 0.29) is 23.8 Å². The molecule has 0 radical (unpaired) electrons. The second kappa shape index (κ2) is 9.28. The average Bonchev–Trinajstić information content (AvgIpc) is 3.36. The Hall–Kier alpha value is -2.94. The lowest BCUT2D eigenvalue weighted by atomic mass is 9.81. The van der Waals surface area contributed by atoms with Gasteiger partial charge in [0.05, 0.1) is 11.6 Å². The van der Waals surface area contributed by atoms with Gasteiger partial charge in [-0.2, -0.15) is 5.01 Å². The summed E-state index contributed by atoms with van der Waals surface area (Å²) in [5.74, 6) is -0.973. The maximum absolute atomic E-state index is 13.1. The molecule has 0 saturated carbocycles. The summed E-state index contributed by atoms with van der Waals surface area (Å²) >= 11 is 0. The molecule has 2 aliphatic heterocycles. The first kappa shape index (κ1) is 23.7. The van der Waals surface area contributed by atoms with E-state index in [2.05, 4.69) is 17.7 Å². The summed E-state index contributed by atoms with van der Waals surface area (Å²) in [4.78, 5) is 48.9. The van der Waals surface area contributed by atoms with E-state index >= 15 is 0 Å². The smallest absolute Gasteiger partial charge is 0.408 e. The van der Waals surface area contributed by atoms with Crippen LogP contribution in [0.1, 0.15) is 74.1 Å². The maximum Gasteiger partial charge on any atom is 0.408 e. The predicted molar refractivity (Wildman–Crippen MR) is 116 cm³/mol. The number of hydrogen-bond acceptors (Lipinski definition) is 7. The van der Waals surface area contributed by atoms with E-state index in [4.69, 9.17) is 9.47 Å². The molecule has 1 aromatic carbocycles. The summed E-state index contributed by atoms with van der Waals surface area (Å²) in [6.45, 7) is 7.16. The van der Waals surface area contributed by atoms with Crippen LogP contribution in [0.4, 0.5) is 4.79 Å². The number of nitrogens with one attached hydrogen (secondary N) is 2. The normalized spacial score (nSPS) is 28.1. The van der Waals surface area contributed by atoms with Gasteiger partial charge < -0.3 is 9.47 Å². The predicted octanol–water partition coefficient (Wildman–Crippen LogP) is 2.80. The van der Waals surface area contributed by atoms with Gasteiger partial charge in [0.2, 0.25) is 0 Å². The zero-order valence-electron chi connectivity index (χ0n) is 19.0. The Kier molecular flexibility index (Phi) is 6.88. The Morgan fingerprint density at radius 2 is 2.03 bits per heavy atom. The highest BCUT2D eigenvalue weighted by Crippen LogP contribution is 2.50. The van der Waals surface area contributed by atoms with Crippen LogP contribution in [0.15, 0.2) is 24.3 Å². The summed E-state index contributed by atoms with van der Waals surface area (Å²) in [5.41, 5.74) is 1.46. The van der Waals surface area contributed by atoms with Crippen molar-refractivity contribution >= 4 is 24.3 Å². The summed E-state index contributed by atoms with van der Waals surface area (Å²) in [6.07, 6.45) is 2.73. The van der Waals surface area contributed by atoms with Gasteiger partial charge in [-0.15, -0.1) is 0 Å². The lowest BCUT2D eigenvalue weighted by Crippen LogP contribution is -2.57. The fraction of sp³-hybridized carbons (Fsp3) is 0.565. The molecular formula is C23H31N3O6. The number of amides is 2. The van der Waals surface area contributed by atoms with E-state index in [1.165, 1.54) is 6.92 Å². The molecule has 0 aromatic heterocycles. The summed E-state index contributed by atoms with van der Waals surface area (Å²) in [7, 11) is 0. The van der Waals surface area contributed by atoms with Crippen LogP contribution in [-0.2, 0) is 14.3 Å². The number of unbranched alkanes of at least 4 members (excludes halogenated alkanes) is 2. The highest BCUT2D eigenvalue weighted by molar-refractivity contribution is 6.01. The lowest BCUT2D eigenvalue weighted by Gasteiger charge is -2.35. The first-order valence-electron chi connectivity index (χ1n) is 10.9. The van der Waals surface area contributed by atoms with Gasteiger partial charge in [0.25, 0.3) is 5.91 Å². The van der Waals surface area contributed by atoms with Gasteiger partial charge in [0.15, 0.2) is 11.9 Å². The molecule has 2 heterocycles. The molecule has 1 aromatic rings.